The highest BCUT2D eigenvalue weighted by Crippen LogP contribution is 2.36. The van der Waals surface area contributed by atoms with Crippen molar-refractivity contribution in [3.63, 3.8) is 0 Å². The fourth-order valence-corrected chi connectivity index (χ4v) is 3.38. The van der Waals surface area contributed by atoms with E-state index in [0.717, 1.165) is 22.7 Å². The second kappa shape index (κ2) is 5.90. The zero-order valence-electron chi connectivity index (χ0n) is 13.4. The molecule has 0 aliphatic heterocycles. The number of pyridine rings is 1. The summed E-state index contributed by atoms with van der Waals surface area (Å²) in [6, 6.07) is 3.86. The molecule has 3 N–H and O–H groups in total. The van der Waals surface area contributed by atoms with Crippen molar-refractivity contribution in [1.29, 1.82) is 0 Å². The summed E-state index contributed by atoms with van der Waals surface area (Å²) in [7, 11) is -1.67. The van der Waals surface area contributed by atoms with Crippen molar-refractivity contribution >= 4 is 41.0 Å². The number of fused-ring (bicyclic) bond motifs is 1. The van der Waals surface area contributed by atoms with Crippen molar-refractivity contribution < 1.29 is 4.43 Å². The molecule has 0 aromatic carbocycles. The standard InChI is InChI=1S/C14H24N4OSSi/c1-14(2,3)21(4,5)19-9-8-16-11-7-6-10-12(18-11)20-13(15)17-10/h6-7H,8-9H2,1-5H3,(H2,15,17)(H,16,18)/q-1. The summed E-state index contributed by atoms with van der Waals surface area (Å²) in [4.78, 5) is 9.56. The van der Waals surface area contributed by atoms with Crippen LogP contribution in [0.1, 0.15) is 20.8 Å². The molecule has 2 aromatic rings. The summed E-state index contributed by atoms with van der Waals surface area (Å²) in [5.74, 6) is 0.838. The van der Waals surface area contributed by atoms with E-state index in [1.807, 2.05) is 12.1 Å². The number of nitrogens with zero attached hydrogens (tertiary/aromatic N) is 2. The van der Waals surface area contributed by atoms with E-state index in [2.05, 4.69) is 49.1 Å². The number of rotatable bonds is 5. The average molecular weight is 325 g/mol. The Labute approximate surface area is 131 Å². The maximum absolute atomic E-state index is 6.13. The monoisotopic (exact) mass is 324 g/mol. The summed E-state index contributed by atoms with van der Waals surface area (Å²) in [5.41, 5.74) is 6.53. The molecule has 0 unspecified atom stereocenters. The molecular formula is C14H24N4OSSi-. The molecule has 21 heavy (non-hydrogen) atoms. The number of thiazole rings is 1. The van der Waals surface area contributed by atoms with Crippen molar-refractivity contribution in [2.45, 2.75) is 38.9 Å². The minimum atomic E-state index is -1.67. The average Bonchev–Trinajstić information content (AvgIpc) is 2.72. The largest absolute Gasteiger partial charge is 0.563 e. The molecule has 0 amide bonds. The van der Waals surface area contributed by atoms with Crippen molar-refractivity contribution in [2.24, 2.45) is 0 Å². The van der Waals surface area contributed by atoms with E-state index in [9.17, 15) is 0 Å². The van der Waals surface area contributed by atoms with Crippen LogP contribution in [0, 0.1) is 0 Å². The topological polar surface area (TPSA) is 73.1 Å². The molecule has 5 nitrogen and oxygen atoms in total. The van der Waals surface area contributed by atoms with Gasteiger partial charge in [-0.1, -0.05) is 32.1 Å². The van der Waals surface area contributed by atoms with Crippen LogP contribution in [0.4, 0.5) is 10.9 Å². The molecule has 0 aliphatic carbocycles. The van der Waals surface area contributed by atoms with Crippen LogP contribution in [-0.2, 0) is 4.43 Å². The summed E-state index contributed by atoms with van der Waals surface area (Å²) in [5, 5.41) is 4.09. The van der Waals surface area contributed by atoms with Crippen LogP contribution in [0.15, 0.2) is 12.1 Å². The molecule has 0 atom stereocenters. The van der Waals surface area contributed by atoms with Gasteiger partial charge in [0.05, 0.1) is 0 Å². The molecule has 0 fully saturated rings. The highest BCUT2D eigenvalue weighted by molar-refractivity contribution is 7.21. The third-order valence-corrected chi connectivity index (χ3v) is 9.28. The first kappa shape index (κ1) is 16.2. The zero-order chi connectivity index (χ0) is 15.7. The number of aromatic nitrogens is 2. The molecule has 117 valence electrons. The quantitative estimate of drug-likeness (QED) is 0.648. The van der Waals surface area contributed by atoms with E-state index in [0.29, 0.717) is 11.7 Å². The Kier molecular flexibility index (Phi) is 4.55. The number of nitrogen functional groups attached to an aromatic ring is 1. The molecule has 0 saturated heterocycles. The minimum absolute atomic E-state index is 0.240. The van der Waals surface area contributed by atoms with Crippen LogP contribution in [0.5, 0.6) is 0 Å². The molecule has 0 aliphatic rings. The Balaban J connectivity index is 1.88. The lowest BCUT2D eigenvalue weighted by atomic mass is 10.2. The highest BCUT2D eigenvalue weighted by Gasteiger charge is 2.24. The predicted octanol–water partition coefficient (Wildman–Crippen LogP) is 3.71. The first-order valence-electron chi connectivity index (χ1n) is 7.10. The van der Waals surface area contributed by atoms with Gasteiger partial charge in [0.2, 0.25) is 0 Å². The normalized spacial score (nSPS) is 12.8. The molecule has 2 rings (SSSR count). The number of hydrogen-bond donors (Lipinski definition) is 2. The van der Waals surface area contributed by atoms with E-state index in [4.69, 9.17) is 10.2 Å². The van der Waals surface area contributed by atoms with Gasteiger partial charge in [0, 0.05) is 13.2 Å². The number of hydrogen-bond acceptors (Lipinski definition) is 6. The summed E-state index contributed by atoms with van der Waals surface area (Å²) in [6.07, 6.45) is 0. The molecule has 7 heteroatoms. The van der Waals surface area contributed by atoms with Crippen molar-refractivity contribution in [3.8, 4) is 0 Å². The first-order valence-corrected chi connectivity index (χ1v) is 10.8. The number of anilines is 2. The maximum atomic E-state index is 6.13. The highest BCUT2D eigenvalue weighted by atomic mass is 32.1. The third kappa shape index (κ3) is 3.93. The van der Waals surface area contributed by atoms with Crippen LogP contribution in [0.25, 0.3) is 10.3 Å². The lowest BCUT2D eigenvalue weighted by molar-refractivity contribution is 0.301. The summed E-state index contributed by atoms with van der Waals surface area (Å²) >= 11 is 1.40. The van der Waals surface area contributed by atoms with E-state index in [-0.39, 0.29) is 5.04 Å². The molecule has 0 spiro atoms. The Bertz CT molecular complexity index is 621. The minimum Gasteiger partial charge on any atom is -0.563 e. The molecule has 2 heterocycles. The Morgan fingerprint density at radius 2 is 2.00 bits per heavy atom. The predicted molar refractivity (Wildman–Crippen MR) is 93.5 cm³/mol. The smallest absolute Gasteiger partial charge is 0.182 e. The van der Waals surface area contributed by atoms with E-state index >= 15 is 0 Å². The van der Waals surface area contributed by atoms with Crippen LogP contribution in [-0.4, -0.2) is 31.4 Å². The van der Waals surface area contributed by atoms with Gasteiger partial charge in [-0.3, -0.25) is 0 Å². The van der Waals surface area contributed by atoms with E-state index < -0.39 is 8.32 Å². The van der Waals surface area contributed by atoms with Crippen molar-refractivity contribution in [2.75, 3.05) is 24.2 Å². The van der Waals surface area contributed by atoms with Gasteiger partial charge in [0.1, 0.15) is 16.2 Å². The van der Waals surface area contributed by atoms with Crippen LogP contribution in [0.3, 0.4) is 0 Å². The SMILES string of the molecule is CC(C)(C)[Si-](C)(C)OCCNc1ccc2nc(N)sc2n1. The lowest BCUT2D eigenvalue weighted by Crippen LogP contribution is -2.41. The van der Waals surface area contributed by atoms with E-state index in [1.54, 1.807) is 0 Å². The second-order valence-corrected chi connectivity index (χ2v) is 12.4. The van der Waals surface area contributed by atoms with Gasteiger partial charge >= 0.3 is 0 Å². The molecule has 0 saturated carbocycles. The van der Waals surface area contributed by atoms with Gasteiger partial charge in [-0.25, -0.2) is 9.97 Å². The fourth-order valence-electron chi connectivity index (χ4n) is 1.63. The first-order chi connectivity index (χ1) is 9.69. The summed E-state index contributed by atoms with van der Waals surface area (Å²) < 4.78 is 6.13. The molecular weight excluding hydrogens is 300 g/mol. The second-order valence-electron chi connectivity index (χ2n) is 6.61. The molecule has 0 radical (unpaired) electrons. The van der Waals surface area contributed by atoms with Crippen LogP contribution < -0.4 is 11.1 Å². The Morgan fingerprint density at radius 1 is 1.29 bits per heavy atom. The van der Waals surface area contributed by atoms with Gasteiger partial charge in [-0.05, 0) is 20.5 Å². The van der Waals surface area contributed by atoms with Crippen molar-refractivity contribution in [1.82, 2.24) is 9.97 Å². The zero-order valence-corrected chi connectivity index (χ0v) is 15.2. The van der Waals surface area contributed by atoms with Crippen LogP contribution in [0.2, 0.25) is 18.1 Å². The Morgan fingerprint density at radius 3 is 2.67 bits per heavy atom. The van der Waals surface area contributed by atoms with Gasteiger partial charge in [0.25, 0.3) is 0 Å². The Hall–Kier alpha value is -1.18. The molecule has 0 bridgehead atoms. The fraction of sp³-hybridized carbons (Fsp3) is 0.571. The van der Waals surface area contributed by atoms with Gasteiger partial charge in [0.15, 0.2) is 5.13 Å². The van der Waals surface area contributed by atoms with Gasteiger partial charge in [-0.2, -0.15) is 0 Å². The van der Waals surface area contributed by atoms with E-state index in [1.165, 1.54) is 11.3 Å². The maximum Gasteiger partial charge on any atom is 0.182 e. The van der Waals surface area contributed by atoms with Crippen molar-refractivity contribution in [3.05, 3.63) is 12.1 Å². The van der Waals surface area contributed by atoms with Crippen LogP contribution >= 0.6 is 11.3 Å². The number of nitrogens with two attached hydrogens (primary N) is 1. The van der Waals surface area contributed by atoms with Gasteiger partial charge in [-0.15, -0.1) is 18.1 Å². The lowest BCUT2D eigenvalue weighted by Gasteiger charge is -2.48. The summed E-state index contributed by atoms with van der Waals surface area (Å²) in [6.45, 7) is 12.7. The third-order valence-electron chi connectivity index (χ3n) is 3.95. The van der Waals surface area contributed by atoms with Gasteiger partial charge < -0.3 is 15.5 Å². The number of nitrogens with one attached hydrogen (secondary N) is 1. The molecule has 2 aromatic heterocycles.